The smallest absolute Gasteiger partial charge is 0.151 e. The molecule has 2 aromatic rings. The lowest BCUT2D eigenvalue weighted by molar-refractivity contribution is 0.768. The van der Waals surface area contributed by atoms with Gasteiger partial charge in [0.05, 0.1) is 0 Å². The van der Waals surface area contributed by atoms with E-state index in [9.17, 15) is 0 Å². The van der Waals surface area contributed by atoms with E-state index in [4.69, 9.17) is 11.6 Å². The molecule has 0 spiro atoms. The van der Waals surface area contributed by atoms with E-state index in [1.165, 1.54) is 0 Å². The van der Waals surface area contributed by atoms with Gasteiger partial charge in [0.2, 0.25) is 0 Å². The molecular formula is C10H11ClN2. The number of rotatable bonds is 0. The van der Waals surface area contributed by atoms with Crippen molar-refractivity contribution in [2.45, 2.75) is 0 Å². The van der Waals surface area contributed by atoms with Crippen LogP contribution in [0.5, 0.6) is 0 Å². The summed E-state index contributed by atoms with van der Waals surface area (Å²) in [6.07, 6.45) is 1.79. The van der Waals surface area contributed by atoms with Crippen LogP contribution >= 0.6 is 11.6 Å². The highest BCUT2D eigenvalue weighted by Gasteiger charge is 1.84. The average molecular weight is 195 g/mol. The van der Waals surface area contributed by atoms with Crippen molar-refractivity contribution in [1.29, 1.82) is 0 Å². The van der Waals surface area contributed by atoms with Crippen molar-refractivity contribution in [1.82, 2.24) is 9.78 Å². The van der Waals surface area contributed by atoms with Crippen LogP contribution in [0.3, 0.4) is 0 Å². The van der Waals surface area contributed by atoms with Crippen LogP contribution in [0.25, 0.3) is 0 Å². The molecule has 0 bridgehead atoms. The molecule has 0 amide bonds. The van der Waals surface area contributed by atoms with Gasteiger partial charge in [-0.3, -0.25) is 4.68 Å². The van der Waals surface area contributed by atoms with Gasteiger partial charge in [0.1, 0.15) is 0 Å². The summed E-state index contributed by atoms with van der Waals surface area (Å²) in [6, 6.07) is 13.7. The molecule has 0 radical (unpaired) electrons. The van der Waals surface area contributed by atoms with Crippen LogP contribution < -0.4 is 0 Å². The predicted octanol–water partition coefficient (Wildman–Crippen LogP) is 2.76. The van der Waals surface area contributed by atoms with Gasteiger partial charge in [-0.05, 0) is 6.07 Å². The Morgan fingerprint density at radius 3 is 1.69 bits per heavy atom. The third-order valence-electron chi connectivity index (χ3n) is 1.35. The summed E-state index contributed by atoms with van der Waals surface area (Å²) in [4.78, 5) is 0. The molecule has 2 nitrogen and oxygen atoms in total. The number of hydrogen-bond donors (Lipinski definition) is 0. The number of aryl methyl sites for hydroxylation is 1. The van der Waals surface area contributed by atoms with Gasteiger partial charge in [0.25, 0.3) is 0 Å². The highest BCUT2D eigenvalue weighted by Crippen LogP contribution is 1.99. The van der Waals surface area contributed by atoms with Gasteiger partial charge < -0.3 is 0 Å². The molecule has 68 valence electrons. The number of benzene rings is 1. The van der Waals surface area contributed by atoms with Gasteiger partial charge >= 0.3 is 0 Å². The van der Waals surface area contributed by atoms with Gasteiger partial charge in [-0.1, -0.05) is 48.0 Å². The Kier molecular flexibility index (Phi) is 4.06. The molecule has 0 unspecified atom stereocenters. The molecule has 0 saturated carbocycles. The second-order valence-corrected chi connectivity index (χ2v) is 2.85. The van der Waals surface area contributed by atoms with E-state index in [0.717, 1.165) is 0 Å². The molecule has 13 heavy (non-hydrogen) atoms. The number of aromatic nitrogens is 2. The monoisotopic (exact) mass is 194 g/mol. The first-order valence-electron chi connectivity index (χ1n) is 3.94. The molecule has 3 heteroatoms. The zero-order valence-electron chi connectivity index (χ0n) is 7.39. The van der Waals surface area contributed by atoms with Crippen LogP contribution in [-0.2, 0) is 7.05 Å². The maximum atomic E-state index is 5.43. The van der Waals surface area contributed by atoms with Crippen molar-refractivity contribution < 1.29 is 0 Å². The summed E-state index contributed by atoms with van der Waals surface area (Å²) in [7, 11) is 1.83. The second kappa shape index (κ2) is 5.38. The molecule has 1 aromatic carbocycles. The molecule has 1 aromatic heterocycles. The molecule has 0 atom stereocenters. The Bertz CT molecular complexity index is 286. The van der Waals surface area contributed by atoms with E-state index in [0.29, 0.717) is 5.15 Å². The van der Waals surface area contributed by atoms with E-state index in [1.54, 1.807) is 16.9 Å². The lowest BCUT2D eigenvalue weighted by atomic mass is 10.4. The molecule has 0 fully saturated rings. The maximum Gasteiger partial charge on any atom is 0.151 e. The minimum atomic E-state index is 0.544. The van der Waals surface area contributed by atoms with Crippen molar-refractivity contribution in [2.75, 3.05) is 0 Å². The van der Waals surface area contributed by atoms with Gasteiger partial charge in [0, 0.05) is 13.2 Å². The summed E-state index contributed by atoms with van der Waals surface area (Å²) >= 11 is 5.43. The fourth-order valence-electron chi connectivity index (χ4n) is 0.772. The number of nitrogens with zero attached hydrogens (tertiary/aromatic N) is 2. The SMILES string of the molecule is Cn1ccc(Cl)n1.c1ccccc1. The minimum Gasteiger partial charge on any atom is -0.274 e. The Hall–Kier alpha value is -1.28. The molecule has 1 heterocycles. The quantitative estimate of drug-likeness (QED) is 0.631. The molecule has 0 N–H and O–H groups in total. The average Bonchev–Trinajstić information content (AvgIpc) is 2.54. The van der Waals surface area contributed by atoms with E-state index in [1.807, 2.05) is 43.4 Å². The number of halogens is 1. The van der Waals surface area contributed by atoms with Crippen molar-refractivity contribution >= 4 is 11.6 Å². The Morgan fingerprint density at radius 2 is 1.54 bits per heavy atom. The molecule has 0 saturated heterocycles. The topological polar surface area (TPSA) is 17.8 Å². The van der Waals surface area contributed by atoms with Crippen LogP contribution in [0.1, 0.15) is 0 Å². The van der Waals surface area contributed by atoms with Gasteiger partial charge in [-0.2, -0.15) is 5.10 Å². The van der Waals surface area contributed by atoms with Crippen LogP contribution in [-0.4, -0.2) is 9.78 Å². The van der Waals surface area contributed by atoms with E-state index < -0.39 is 0 Å². The van der Waals surface area contributed by atoms with Gasteiger partial charge in [0.15, 0.2) is 5.15 Å². The highest BCUT2D eigenvalue weighted by molar-refractivity contribution is 6.29. The van der Waals surface area contributed by atoms with Crippen molar-refractivity contribution in [3.8, 4) is 0 Å². The zero-order chi connectivity index (χ0) is 9.52. The Labute approximate surface area is 82.8 Å². The summed E-state index contributed by atoms with van der Waals surface area (Å²) in [5, 5.41) is 4.34. The maximum absolute atomic E-state index is 5.43. The molecule has 0 aliphatic rings. The summed E-state index contributed by atoms with van der Waals surface area (Å²) < 4.78 is 1.66. The first-order valence-corrected chi connectivity index (χ1v) is 4.32. The molecule has 2 rings (SSSR count). The standard InChI is InChI=1S/C6H6.C4H5ClN2/c1-2-4-6-5-3-1;1-7-3-2-4(5)6-7/h1-6H;2-3H,1H3. The van der Waals surface area contributed by atoms with Crippen molar-refractivity contribution in [3.63, 3.8) is 0 Å². The minimum absolute atomic E-state index is 0.544. The van der Waals surface area contributed by atoms with Crippen LogP contribution in [0.15, 0.2) is 48.7 Å². The molecule has 0 aliphatic heterocycles. The summed E-state index contributed by atoms with van der Waals surface area (Å²) in [5.41, 5.74) is 0. The fraction of sp³-hybridized carbons (Fsp3) is 0.100. The largest absolute Gasteiger partial charge is 0.274 e. The fourth-order valence-corrected chi connectivity index (χ4v) is 0.947. The zero-order valence-corrected chi connectivity index (χ0v) is 8.15. The van der Waals surface area contributed by atoms with Gasteiger partial charge in [-0.25, -0.2) is 0 Å². The van der Waals surface area contributed by atoms with E-state index in [2.05, 4.69) is 5.10 Å². The first-order chi connectivity index (χ1) is 6.29. The van der Waals surface area contributed by atoms with Crippen molar-refractivity contribution in [2.24, 2.45) is 7.05 Å². The van der Waals surface area contributed by atoms with Crippen molar-refractivity contribution in [3.05, 3.63) is 53.8 Å². The van der Waals surface area contributed by atoms with Gasteiger partial charge in [-0.15, -0.1) is 0 Å². The first kappa shape index (κ1) is 9.81. The number of hydrogen-bond acceptors (Lipinski definition) is 1. The van der Waals surface area contributed by atoms with E-state index in [-0.39, 0.29) is 0 Å². The summed E-state index contributed by atoms with van der Waals surface area (Å²) in [5.74, 6) is 0. The summed E-state index contributed by atoms with van der Waals surface area (Å²) in [6.45, 7) is 0. The predicted molar refractivity (Wildman–Crippen MR) is 54.7 cm³/mol. The third-order valence-corrected chi connectivity index (χ3v) is 1.55. The Balaban J connectivity index is 0.000000132. The van der Waals surface area contributed by atoms with Crippen LogP contribution in [0.2, 0.25) is 5.15 Å². The normalized spacial score (nSPS) is 8.77. The molecular weight excluding hydrogens is 184 g/mol. The third kappa shape index (κ3) is 4.33. The molecule has 0 aliphatic carbocycles. The lowest BCUT2D eigenvalue weighted by Crippen LogP contribution is -1.84. The highest BCUT2D eigenvalue weighted by atomic mass is 35.5. The second-order valence-electron chi connectivity index (χ2n) is 2.47. The van der Waals surface area contributed by atoms with E-state index >= 15 is 0 Å². The lowest BCUT2D eigenvalue weighted by Gasteiger charge is -1.78. The Morgan fingerprint density at radius 1 is 1.08 bits per heavy atom. The van der Waals surface area contributed by atoms with Crippen LogP contribution in [0, 0.1) is 0 Å². The van der Waals surface area contributed by atoms with Crippen LogP contribution in [0.4, 0.5) is 0 Å².